The first-order valence-electron chi connectivity index (χ1n) is 24.1. The molecule has 0 saturated carbocycles. The molecule has 11 rings (SSSR count). The number of hydrogen-bond donors (Lipinski definition) is 1. The third kappa shape index (κ3) is 10.8. The van der Waals surface area contributed by atoms with Crippen LogP contribution in [0.3, 0.4) is 0 Å². The van der Waals surface area contributed by atoms with Crippen molar-refractivity contribution in [2.75, 3.05) is 124 Å². The van der Waals surface area contributed by atoms with E-state index in [0.717, 1.165) is 111 Å². The highest BCUT2D eigenvalue weighted by Gasteiger charge is 2.37. The second-order valence-corrected chi connectivity index (χ2v) is 20.6. The number of nitrogens with one attached hydrogen (secondary N) is 1. The Labute approximate surface area is 405 Å². The normalized spacial score (nSPS) is 20.3. The van der Waals surface area contributed by atoms with E-state index in [1.165, 1.54) is 34.4 Å². The van der Waals surface area contributed by atoms with Crippen molar-refractivity contribution >= 4 is 57.7 Å². The van der Waals surface area contributed by atoms with Crippen LogP contribution in [0.2, 0.25) is 0 Å². The third-order valence-corrected chi connectivity index (χ3v) is 16.6. The number of benzene rings is 1. The SMILES string of the molecule is CC.CC(=O)Nc1nc2c(s1)SCc1c(C(=O)N3CCOCC3)nn(C3CCOCC3)c1-2.O=C(c1nn(C2CCN(CCN3CCOCC3)CC2)c2c1CSc1ccccc1-2)N1CCOCC1. The second kappa shape index (κ2) is 22.7. The van der Waals surface area contributed by atoms with Crippen molar-refractivity contribution in [1.29, 1.82) is 0 Å². The first-order valence-corrected chi connectivity index (χ1v) is 26.9. The highest BCUT2D eigenvalue weighted by Crippen LogP contribution is 2.49. The Morgan fingerprint density at radius 3 is 1.76 bits per heavy atom. The van der Waals surface area contributed by atoms with Crippen LogP contribution in [0.4, 0.5) is 5.13 Å². The maximum atomic E-state index is 13.5. The molecule has 10 heterocycles. The number of aromatic nitrogens is 5. The lowest BCUT2D eigenvalue weighted by Gasteiger charge is -2.35. The van der Waals surface area contributed by atoms with Crippen molar-refractivity contribution in [2.24, 2.45) is 0 Å². The average Bonchev–Trinajstić information content (AvgIpc) is 4.11. The number of likely N-dealkylation sites (tertiary alicyclic amines) is 1. The van der Waals surface area contributed by atoms with E-state index < -0.39 is 0 Å². The number of morpholine rings is 3. The molecule has 0 atom stereocenters. The Morgan fingerprint density at radius 1 is 0.642 bits per heavy atom. The second-order valence-electron chi connectivity index (χ2n) is 17.3. The molecule has 7 aliphatic rings. The Hall–Kier alpha value is -3.86. The van der Waals surface area contributed by atoms with E-state index >= 15 is 0 Å². The molecular formula is C47H64N10O7S3. The summed E-state index contributed by atoms with van der Waals surface area (Å²) in [5.41, 5.74) is 7.35. The number of rotatable bonds is 8. The minimum atomic E-state index is -0.146. The number of thioether (sulfide) groups is 2. The zero-order valence-corrected chi connectivity index (χ0v) is 41.5. The molecule has 1 aromatic carbocycles. The van der Waals surface area contributed by atoms with Crippen LogP contribution in [-0.2, 0) is 35.2 Å². The van der Waals surface area contributed by atoms with Crippen molar-refractivity contribution in [3.8, 4) is 22.6 Å². The maximum absolute atomic E-state index is 13.5. The van der Waals surface area contributed by atoms with Crippen molar-refractivity contribution in [3.05, 3.63) is 46.8 Å². The van der Waals surface area contributed by atoms with Crippen molar-refractivity contribution in [1.82, 2.24) is 44.1 Å². The summed E-state index contributed by atoms with van der Waals surface area (Å²) in [5, 5.41) is 13.3. The topological polar surface area (TPSA) is 162 Å². The van der Waals surface area contributed by atoms with Crippen LogP contribution in [-0.4, -0.2) is 180 Å². The Morgan fingerprint density at radius 2 is 1.15 bits per heavy atom. The van der Waals surface area contributed by atoms with Crippen molar-refractivity contribution in [3.63, 3.8) is 0 Å². The van der Waals surface area contributed by atoms with Gasteiger partial charge in [-0.2, -0.15) is 10.2 Å². The maximum Gasteiger partial charge on any atom is 0.274 e. The van der Waals surface area contributed by atoms with Gasteiger partial charge in [0, 0.05) is 119 Å². The van der Waals surface area contributed by atoms with Crippen LogP contribution < -0.4 is 5.32 Å². The van der Waals surface area contributed by atoms with Crippen LogP contribution in [0.15, 0.2) is 33.4 Å². The molecule has 362 valence electrons. The quantitative estimate of drug-likeness (QED) is 0.218. The molecule has 17 nitrogen and oxygen atoms in total. The van der Waals surface area contributed by atoms with Gasteiger partial charge in [-0.15, -0.1) is 23.5 Å². The van der Waals surface area contributed by atoms with Gasteiger partial charge in [-0.25, -0.2) is 4.98 Å². The summed E-state index contributed by atoms with van der Waals surface area (Å²) in [6, 6.07) is 9.08. The van der Waals surface area contributed by atoms with E-state index in [4.69, 9.17) is 34.1 Å². The standard InChI is InChI=1S/C26H35N5O3S.C19H23N5O4S2.C2H6/c32-26(30-13-17-34-18-14-30)24-22-19-35-23-4-2-1-3-21(23)25(22)31(27-24)20-5-7-28(8-6-20)9-10-29-11-15-33-16-12-29;1-11(25)20-19-21-15-16-13(10-29-18(15)30-19)14(17(26)23-4-8-28-9-5-23)22-24(16)12-2-6-27-7-3-12;1-2/h1-4,20H,5-19H2;12H,2-10H2,1H3,(H,20,21,25);1-2H3. The monoisotopic (exact) mass is 976 g/mol. The molecular weight excluding hydrogens is 913 g/mol. The number of anilines is 1. The van der Waals surface area contributed by atoms with E-state index in [-0.39, 0.29) is 23.8 Å². The summed E-state index contributed by atoms with van der Waals surface area (Å²) < 4.78 is 27.2. The number of piperidine rings is 1. The Kier molecular flexibility index (Phi) is 16.3. The van der Waals surface area contributed by atoms with Gasteiger partial charge in [0.1, 0.15) is 5.69 Å². The third-order valence-electron chi connectivity index (χ3n) is 13.3. The number of carbonyl (C=O) groups is 3. The van der Waals surface area contributed by atoms with Gasteiger partial charge in [0.25, 0.3) is 11.8 Å². The fourth-order valence-corrected chi connectivity index (χ4v) is 13.0. The molecule has 3 aromatic heterocycles. The van der Waals surface area contributed by atoms with Gasteiger partial charge in [0.2, 0.25) is 5.91 Å². The van der Waals surface area contributed by atoms with Gasteiger partial charge in [0.15, 0.2) is 16.5 Å². The number of amides is 3. The number of carbonyl (C=O) groups excluding carboxylic acids is 3. The molecule has 0 spiro atoms. The minimum absolute atomic E-state index is 0.0401. The van der Waals surface area contributed by atoms with E-state index in [0.29, 0.717) is 94.1 Å². The number of thiazole rings is 1. The summed E-state index contributed by atoms with van der Waals surface area (Å²) in [7, 11) is 0. The summed E-state index contributed by atoms with van der Waals surface area (Å²) in [4.78, 5) is 53.2. The van der Waals surface area contributed by atoms with Crippen LogP contribution in [0.25, 0.3) is 22.6 Å². The van der Waals surface area contributed by atoms with E-state index in [2.05, 4.69) is 44.1 Å². The molecule has 7 aliphatic heterocycles. The molecule has 0 radical (unpaired) electrons. The smallest absolute Gasteiger partial charge is 0.274 e. The number of ether oxygens (including phenoxy) is 4. The van der Waals surface area contributed by atoms with Crippen LogP contribution >= 0.6 is 34.9 Å². The predicted octanol–water partition coefficient (Wildman–Crippen LogP) is 6.02. The van der Waals surface area contributed by atoms with Crippen molar-refractivity contribution < 1.29 is 33.3 Å². The van der Waals surface area contributed by atoms with E-state index in [9.17, 15) is 14.4 Å². The Bertz CT molecular complexity index is 2340. The number of fused-ring (bicyclic) bond motifs is 6. The van der Waals surface area contributed by atoms with Gasteiger partial charge < -0.3 is 39.0 Å². The predicted molar refractivity (Wildman–Crippen MR) is 260 cm³/mol. The first kappa shape index (κ1) is 48.2. The molecule has 3 amide bonds. The van der Waals surface area contributed by atoms with Gasteiger partial charge in [0.05, 0.1) is 67.3 Å². The lowest BCUT2D eigenvalue weighted by molar-refractivity contribution is -0.114. The Balaban J connectivity index is 0.000000164. The highest BCUT2D eigenvalue weighted by atomic mass is 32.2. The van der Waals surface area contributed by atoms with Gasteiger partial charge >= 0.3 is 0 Å². The van der Waals surface area contributed by atoms with E-state index in [1.54, 1.807) is 11.8 Å². The molecule has 0 bridgehead atoms. The molecule has 1 N–H and O–H groups in total. The zero-order chi connectivity index (χ0) is 46.3. The lowest BCUT2D eigenvalue weighted by Crippen LogP contribution is -2.43. The minimum Gasteiger partial charge on any atom is -0.381 e. The highest BCUT2D eigenvalue weighted by molar-refractivity contribution is 8.00. The molecule has 5 saturated heterocycles. The largest absolute Gasteiger partial charge is 0.381 e. The van der Waals surface area contributed by atoms with Crippen LogP contribution in [0, 0.1) is 0 Å². The lowest BCUT2D eigenvalue weighted by atomic mass is 10.0. The summed E-state index contributed by atoms with van der Waals surface area (Å²) >= 11 is 4.94. The molecule has 20 heteroatoms. The summed E-state index contributed by atoms with van der Waals surface area (Å²) in [5.74, 6) is 1.34. The van der Waals surface area contributed by atoms with Gasteiger partial charge in [-0.1, -0.05) is 43.4 Å². The van der Waals surface area contributed by atoms with Crippen molar-refractivity contribution in [2.45, 2.75) is 79.1 Å². The summed E-state index contributed by atoms with van der Waals surface area (Å²) in [6.07, 6.45) is 3.84. The fraction of sp³-hybridized carbons (Fsp3) is 0.617. The first-order chi connectivity index (χ1) is 32.9. The average molecular weight is 977 g/mol. The number of hydrogen-bond acceptors (Lipinski definition) is 15. The van der Waals surface area contributed by atoms with Gasteiger partial charge in [-0.3, -0.25) is 28.6 Å². The molecule has 0 aliphatic carbocycles. The fourth-order valence-electron chi connectivity index (χ4n) is 9.71. The zero-order valence-electron chi connectivity index (χ0n) is 39.0. The van der Waals surface area contributed by atoms with E-state index in [1.807, 2.05) is 40.1 Å². The summed E-state index contributed by atoms with van der Waals surface area (Å²) in [6.45, 7) is 19.8. The van der Waals surface area contributed by atoms with Crippen LogP contribution in [0.1, 0.15) is 90.6 Å². The molecule has 0 unspecified atom stereocenters. The van der Waals surface area contributed by atoms with Gasteiger partial charge in [-0.05, 0) is 31.7 Å². The van der Waals surface area contributed by atoms with Crippen LogP contribution in [0.5, 0.6) is 0 Å². The molecule has 67 heavy (non-hydrogen) atoms. The molecule has 5 fully saturated rings. The number of nitrogens with zero attached hydrogens (tertiary/aromatic N) is 9. The molecule has 4 aromatic rings.